The number of aryl methyl sites for hydroxylation is 1. The minimum Gasteiger partial charge on any atom is -0.497 e. The van der Waals surface area contributed by atoms with Gasteiger partial charge in [0.25, 0.3) is 15.7 Å². The Hall–Kier alpha value is -4.65. The van der Waals surface area contributed by atoms with Crippen LogP contribution in [0.15, 0.2) is 95.9 Å². The van der Waals surface area contributed by atoms with Gasteiger partial charge in [-0.1, -0.05) is 84.9 Å². The first-order valence-corrected chi connectivity index (χ1v) is 19.1. The number of methoxy groups -OCH3 is 1. The molecular formula is C38H40Cl2N4O7S. The van der Waals surface area contributed by atoms with E-state index in [1.54, 1.807) is 30.3 Å². The second-order valence-electron chi connectivity index (χ2n) is 12.7. The number of carbonyl (C=O) groups is 2. The van der Waals surface area contributed by atoms with E-state index >= 15 is 0 Å². The Morgan fingerprint density at radius 1 is 0.923 bits per heavy atom. The van der Waals surface area contributed by atoms with Gasteiger partial charge < -0.3 is 15.0 Å². The lowest BCUT2D eigenvalue weighted by molar-refractivity contribution is -0.385. The van der Waals surface area contributed by atoms with Crippen LogP contribution in [0.3, 0.4) is 0 Å². The number of halogens is 2. The molecule has 1 aliphatic carbocycles. The molecule has 0 saturated heterocycles. The smallest absolute Gasteiger partial charge is 0.273 e. The molecule has 1 atom stereocenters. The van der Waals surface area contributed by atoms with Crippen LogP contribution in [0.2, 0.25) is 10.0 Å². The zero-order chi connectivity index (χ0) is 37.4. The van der Waals surface area contributed by atoms with Gasteiger partial charge in [0.1, 0.15) is 18.3 Å². The molecule has 14 heteroatoms. The normalized spacial score (nSPS) is 13.9. The molecule has 2 amide bonds. The van der Waals surface area contributed by atoms with Gasteiger partial charge in [0.05, 0.1) is 32.7 Å². The number of hydrogen-bond acceptors (Lipinski definition) is 7. The molecule has 0 bridgehead atoms. The van der Waals surface area contributed by atoms with Crippen molar-refractivity contribution in [3.8, 4) is 5.75 Å². The third-order valence-corrected chi connectivity index (χ3v) is 11.7. The zero-order valence-electron chi connectivity index (χ0n) is 28.8. The minimum absolute atomic E-state index is 0.0602. The maximum Gasteiger partial charge on any atom is 0.273 e. The molecule has 1 aliphatic rings. The Bertz CT molecular complexity index is 2010. The summed E-state index contributed by atoms with van der Waals surface area (Å²) < 4.78 is 35.0. The monoisotopic (exact) mass is 766 g/mol. The number of sulfonamides is 1. The number of anilines is 1. The summed E-state index contributed by atoms with van der Waals surface area (Å²) in [5.74, 6) is -0.606. The molecule has 1 fully saturated rings. The summed E-state index contributed by atoms with van der Waals surface area (Å²) in [6.07, 6.45) is 4.82. The third-order valence-electron chi connectivity index (χ3n) is 9.16. The molecule has 0 heterocycles. The second kappa shape index (κ2) is 17.2. The van der Waals surface area contributed by atoms with E-state index < -0.39 is 33.4 Å². The number of nitrogens with zero attached hydrogens (tertiary/aromatic N) is 3. The first kappa shape index (κ1) is 38.6. The molecule has 0 aromatic heterocycles. The van der Waals surface area contributed by atoms with Crippen LogP contribution in [0.4, 0.5) is 11.4 Å². The van der Waals surface area contributed by atoms with Crippen molar-refractivity contribution in [1.29, 1.82) is 0 Å². The fourth-order valence-electron chi connectivity index (χ4n) is 6.28. The number of hydrogen-bond donors (Lipinski definition) is 1. The molecule has 274 valence electrons. The fourth-order valence-corrected chi connectivity index (χ4v) is 8.04. The third kappa shape index (κ3) is 9.41. The number of nitro benzene ring substituents is 1. The zero-order valence-corrected chi connectivity index (χ0v) is 31.2. The van der Waals surface area contributed by atoms with E-state index in [2.05, 4.69) is 5.32 Å². The van der Waals surface area contributed by atoms with E-state index in [0.717, 1.165) is 48.0 Å². The predicted molar refractivity (Wildman–Crippen MR) is 201 cm³/mol. The Morgan fingerprint density at radius 2 is 1.62 bits per heavy atom. The predicted octanol–water partition coefficient (Wildman–Crippen LogP) is 7.50. The highest BCUT2D eigenvalue weighted by atomic mass is 35.5. The first-order valence-electron chi connectivity index (χ1n) is 16.9. The Morgan fingerprint density at radius 3 is 2.25 bits per heavy atom. The van der Waals surface area contributed by atoms with Gasteiger partial charge in [-0.25, -0.2) is 8.42 Å². The van der Waals surface area contributed by atoms with Crippen LogP contribution in [0.25, 0.3) is 0 Å². The van der Waals surface area contributed by atoms with E-state index in [0.29, 0.717) is 16.3 Å². The number of nitrogens with one attached hydrogen (secondary N) is 1. The van der Waals surface area contributed by atoms with Crippen LogP contribution in [-0.2, 0) is 32.6 Å². The summed E-state index contributed by atoms with van der Waals surface area (Å²) in [7, 11) is -3.12. The van der Waals surface area contributed by atoms with Gasteiger partial charge in [-0.2, -0.15) is 0 Å². The van der Waals surface area contributed by atoms with Crippen LogP contribution >= 0.6 is 23.2 Å². The average Bonchev–Trinajstić information content (AvgIpc) is 3.14. The maximum atomic E-state index is 14.8. The summed E-state index contributed by atoms with van der Waals surface area (Å²) in [5, 5.41) is 15.5. The van der Waals surface area contributed by atoms with Crippen LogP contribution in [0.1, 0.15) is 48.8 Å². The van der Waals surface area contributed by atoms with Crippen molar-refractivity contribution >= 4 is 56.4 Å². The van der Waals surface area contributed by atoms with E-state index in [-0.39, 0.29) is 51.8 Å². The highest BCUT2D eigenvalue weighted by molar-refractivity contribution is 7.92. The van der Waals surface area contributed by atoms with E-state index in [4.69, 9.17) is 27.9 Å². The topological polar surface area (TPSA) is 139 Å². The Balaban J connectivity index is 1.60. The number of ether oxygens (including phenoxy) is 1. The summed E-state index contributed by atoms with van der Waals surface area (Å²) >= 11 is 12.6. The molecule has 0 aliphatic heterocycles. The Labute approximate surface area is 313 Å². The molecule has 0 radical (unpaired) electrons. The number of carbonyl (C=O) groups excluding carboxylic acids is 2. The number of rotatable bonds is 14. The van der Waals surface area contributed by atoms with E-state index in [1.165, 1.54) is 43.2 Å². The van der Waals surface area contributed by atoms with Gasteiger partial charge in [-0.05, 0) is 73.4 Å². The maximum absolute atomic E-state index is 14.8. The van der Waals surface area contributed by atoms with E-state index in [1.807, 2.05) is 30.3 Å². The lowest BCUT2D eigenvalue weighted by Crippen LogP contribution is -2.55. The van der Waals surface area contributed by atoms with Crippen molar-refractivity contribution < 1.29 is 27.7 Å². The molecule has 0 spiro atoms. The van der Waals surface area contributed by atoms with Gasteiger partial charge in [-0.15, -0.1) is 0 Å². The fraction of sp³-hybridized carbons (Fsp3) is 0.316. The molecule has 1 saturated carbocycles. The quantitative estimate of drug-likeness (QED) is 0.104. The number of benzene rings is 4. The lowest BCUT2D eigenvalue weighted by Gasteiger charge is -2.35. The Kier molecular flexibility index (Phi) is 12.8. The molecule has 11 nitrogen and oxygen atoms in total. The molecule has 5 rings (SSSR count). The van der Waals surface area contributed by atoms with Gasteiger partial charge in [0.15, 0.2) is 0 Å². The molecule has 1 N–H and O–H groups in total. The molecular weight excluding hydrogens is 727 g/mol. The highest BCUT2D eigenvalue weighted by Gasteiger charge is 2.36. The summed E-state index contributed by atoms with van der Waals surface area (Å²) in [6.45, 7) is 0.670. The summed E-state index contributed by atoms with van der Waals surface area (Å²) in [6, 6.07) is 22.7. The van der Waals surface area contributed by atoms with Crippen molar-refractivity contribution in [2.75, 3.05) is 18.0 Å². The standard InChI is InChI=1S/C38H40Cl2N4O7S/c1-26-13-19-32(23-35(26)44(47)48)52(49,50)43(30-15-17-31(51-2)18-16-30)25-37(45)42(24-28-14-20-33(39)34(40)21-28)36(22-27-9-5-3-6-10-27)38(46)41-29-11-7-4-8-12-29/h3,5-6,9-10,13-21,23,29,36H,4,7-8,11-12,22,24-25H2,1-2H3,(H,41,46)/t36-/m1/s1. The van der Waals surface area contributed by atoms with Crippen LogP contribution < -0.4 is 14.4 Å². The summed E-state index contributed by atoms with van der Waals surface area (Å²) in [5.41, 5.74) is 1.37. The van der Waals surface area contributed by atoms with E-state index in [9.17, 15) is 28.1 Å². The number of amides is 2. The van der Waals surface area contributed by atoms with Crippen LogP contribution in [-0.4, -0.2) is 55.8 Å². The van der Waals surface area contributed by atoms with Gasteiger partial charge in [0, 0.05) is 30.6 Å². The number of nitro groups is 1. The van der Waals surface area contributed by atoms with Crippen LogP contribution in [0.5, 0.6) is 5.75 Å². The minimum atomic E-state index is -4.59. The van der Waals surface area contributed by atoms with Crippen molar-refractivity contribution in [3.05, 3.63) is 128 Å². The largest absolute Gasteiger partial charge is 0.497 e. The lowest BCUT2D eigenvalue weighted by atomic mass is 9.94. The SMILES string of the molecule is COc1ccc(N(CC(=O)N(Cc2ccc(Cl)c(Cl)c2)[C@H](Cc2ccccc2)C(=O)NC2CCCCC2)S(=O)(=O)c2ccc(C)c([N+](=O)[O-])c2)cc1. The van der Waals surface area contributed by atoms with Gasteiger partial charge in [-0.3, -0.25) is 24.0 Å². The molecule has 52 heavy (non-hydrogen) atoms. The van der Waals surface area contributed by atoms with Gasteiger partial charge >= 0.3 is 0 Å². The molecule has 0 unspecified atom stereocenters. The van der Waals surface area contributed by atoms with Gasteiger partial charge in [0.2, 0.25) is 11.8 Å². The molecule has 4 aromatic rings. The molecule has 4 aromatic carbocycles. The second-order valence-corrected chi connectivity index (χ2v) is 15.4. The van der Waals surface area contributed by atoms with Crippen molar-refractivity contribution in [1.82, 2.24) is 10.2 Å². The van der Waals surface area contributed by atoms with Crippen molar-refractivity contribution in [3.63, 3.8) is 0 Å². The average molecular weight is 768 g/mol. The van der Waals surface area contributed by atoms with Crippen molar-refractivity contribution in [2.45, 2.75) is 69.0 Å². The summed E-state index contributed by atoms with van der Waals surface area (Å²) in [4.78, 5) is 41.2. The van der Waals surface area contributed by atoms with Crippen molar-refractivity contribution in [2.24, 2.45) is 0 Å². The highest BCUT2D eigenvalue weighted by Crippen LogP contribution is 2.30. The van der Waals surface area contributed by atoms with Crippen LogP contribution in [0, 0.1) is 17.0 Å². The first-order chi connectivity index (χ1) is 24.9.